The van der Waals surface area contributed by atoms with E-state index in [4.69, 9.17) is 4.42 Å². The largest absolute Gasteiger partial charge is 0.468 e. The summed E-state index contributed by atoms with van der Waals surface area (Å²) < 4.78 is 7.18. The van der Waals surface area contributed by atoms with Crippen molar-refractivity contribution in [2.45, 2.75) is 32.9 Å². The molecule has 0 saturated carbocycles. The quantitative estimate of drug-likeness (QED) is 0.677. The third kappa shape index (κ3) is 2.87. The third-order valence-electron chi connectivity index (χ3n) is 5.72. The van der Waals surface area contributed by atoms with Crippen LogP contribution < -0.4 is 5.56 Å². The van der Waals surface area contributed by atoms with Gasteiger partial charge in [-0.25, -0.2) is 4.98 Å². The Morgan fingerprint density at radius 3 is 2.82 bits per heavy atom. The Hall–Kier alpha value is -2.45. The zero-order chi connectivity index (χ0) is 19.3. The van der Waals surface area contributed by atoms with Gasteiger partial charge < -0.3 is 9.32 Å². The highest BCUT2D eigenvalue weighted by molar-refractivity contribution is 7.20. The van der Waals surface area contributed by atoms with Crippen LogP contribution in [0.15, 0.2) is 27.6 Å². The van der Waals surface area contributed by atoms with E-state index in [9.17, 15) is 9.59 Å². The van der Waals surface area contributed by atoms with E-state index in [0.29, 0.717) is 28.2 Å². The Kier molecular flexibility index (Phi) is 4.32. The molecule has 5 heterocycles. The van der Waals surface area contributed by atoms with Gasteiger partial charge in [0.1, 0.15) is 16.4 Å². The van der Waals surface area contributed by atoms with Crippen LogP contribution >= 0.6 is 11.3 Å². The molecule has 8 heteroatoms. The number of fused-ring (bicyclic) bond motifs is 2. The molecule has 0 N–H and O–H groups in total. The molecule has 2 aliphatic heterocycles. The second-order valence-electron chi connectivity index (χ2n) is 7.47. The first-order valence-corrected chi connectivity index (χ1v) is 10.5. The minimum absolute atomic E-state index is 0.00793. The van der Waals surface area contributed by atoms with E-state index in [1.54, 1.807) is 10.8 Å². The predicted molar refractivity (Wildman–Crippen MR) is 107 cm³/mol. The van der Waals surface area contributed by atoms with Crippen molar-refractivity contribution in [3.8, 4) is 0 Å². The summed E-state index contributed by atoms with van der Waals surface area (Å²) in [5.41, 5.74) is 0.788. The summed E-state index contributed by atoms with van der Waals surface area (Å²) in [4.78, 5) is 36.2. The fraction of sp³-hybridized carbons (Fsp3) is 0.450. The molecule has 1 amide bonds. The first-order valence-electron chi connectivity index (χ1n) is 9.68. The number of aromatic nitrogens is 2. The Labute approximate surface area is 166 Å². The normalized spacial score (nSPS) is 17.4. The van der Waals surface area contributed by atoms with Gasteiger partial charge in [-0.1, -0.05) is 0 Å². The van der Waals surface area contributed by atoms with E-state index in [-0.39, 0.29) is 11.5 Å². The molecule has 7 nitrogen and oxygen atoms in total. The van der Waals surface area contributed by atoms with Gasteiger partial charge in [0.05, 0.1) is 23.1 Å². The molecule has 2 aliphatic rings. The summed E-state index contributed by atoms with van der Waals surface area (Å²) in [5.74, 6) is 1.81. The summed E-state index contributed by atoms with van der Waals surface area (Å²) in [7, 11) is 0. The number of aryl methyl sites for hydroxylation is 2. The molecule has 3 aromatic heterocycles. The standard InChI is InChI=1S/C20H22N4O3S/c1-13-16-18(21-15-5-2-6-24(15)19(16)25)28-17(13)20(26)23-9-7-22(8-10-23)12-14-4-3-11-27-14/h3-4,11H,2,5-10,12H2,1H3. The van der Waals surface area contributed by atoms with Crippen molar-refractivity contribution >= 4 is 27.5 Å². The van der Waals surface area contributed by atoms with E-state index in [0.717, 1.165) is 56.2 Å². The molecule has 0 bridgehead atoms. The first kappa shape index (κ1) is 17.6. The van der Waals surface area contributed by atoms with Crippen LogP contribution in [0, 0.1) is 6.92 Å². The Morgan fingerprint density at radius 2 is 2.07 bits per heavy atom. The average Bonchev–Trinajstić information content (AvgIpc) is 3.43. The summed E-state index contributed by atoms with van der Waals surface area (Å²) in [6.45, 7) is 6.35. The first-order chi connectivity index (χ1) is 13.6. The molecule has 0 atom stereocenters. The predicted octanol–water partition coefficient (Wildman–Crippen LogP) is 2.26. The van der Waals surface area contributed by atoms with Gasteiger partial charge in [0.25, 0.3) is 11.5 Å². The summed E-state index contributed by atoms with van der Waals surface area (Å²) in [5, 5.41) is 0.621. The Bertz CT molecular complexity index is 1090. The number of furan rings is 1. The smallest absolute Gasteiger partial charge is 0.264 e. The van der Waals surface area contributed by atoms with Gasteiger partial charge in [-0.15, -0.1) is 11.3 Å². The van der Waals surface area contributed by atoms with Gasteiger partial charge in [0.15, 0.2) is 0 Å². The molecule has 28 heavy (non-hydrogen) atoms. The Balaban J connectivity index is 1.36. The molecule has 1 fully saturated rings. The van der Waals surface area contributed by atoms with Crippen molar-refractivity contribution in [1.82, 2.24) is 19.4 Å². The minimum Gasteiger partial charge on any atom is -0.468 e. The van der Waals surface area contributed by atoms with Crippen molar-refractivity contribution < 1.29 is 9.21 Å². The van der Waals surface area contributed by atoms with Gasteiger partial charge in [-0.2, -0.15) is 0 Å². The zero-order valence-corrected chi connectivity index (χ0v) is 16.6. The van der Waals surface area contributed by atoms with Gasteiger partial charge in [0, 0.05) is 39.1 Å². The maximum atomic E-state index is 13.1. The lowest BCUT2D eigenvalue weighted by Crippen LogP contribution is -2.48. The van der Waals surface area contributed by atoms with Crippen LogP contribution in [0.25, 0.3) is 10.2 Å². The summed E-state index contributed by atoms with van der Waals surface area (Å²) >= 11 is 1.37. The van der Waals surface area contributed by atoms with Gasteiger partial charge in [0.2, 0.25) is 0 Å². The highest BCUT2D eigenvalue weighted by atomic mass is 32.1. The highest BCUT2D eigenvalue weighted by Gasteiger charge is 2.28. The van der Waals surface area contributed by atoms with Crippen molar-refractivity contribution in [3.63, 3.8) is 0 Å². The average molecular weight is 398 g/mol. The van der Waals surface area contributed by atoms with Gasteiger partial charge >= 0.3 is 0 Å². The lowest BCUT2D eigenvalue weighted by molar-refractivity contribution is 0.0624. The number of piperazine rings is 1. The van der Waals surface area contributed by atoms with Gasteiger partial charge in [-0.05, 0) is 31.0 Å². The fourth-order valence-corrected chi connectivity index (χ4v) is 5.31. The van der Waals surface area contributed by atoms with E-state index < -0.39 is 0 Å². The number of amides is 1. The third-order valence-corrected chi connectivity index (χ3v) is 6.90. The summed E-state index contributed by atoms with van der Waals surface area (Å²) in [6, 6.07) is 3.87. The molecule has 0 aromatic carbocycles. The number of carbonyl (C=O) groups excluding carboxylic acids is 1. The number of rotatable bonds is 3. The fourth-order valence-electron chi connectivity index (χ4n) is 4.15. The van der Waals surface area contributed by atoms with Crippen LogP contribution in [0.2, 0.25) is 0 Å². The number of hydrogen-bond acceptors (Lipinski definition) is 6. The molecule has 0 radical (unpaired) electrons. The molecule has 0 spiro atoms. The SMILES string of the molecule is Cc1c(C(=O)N2CCN(Cc3ccco3)CC2)sc2nc3n(c(=O)c12)CCC3. The second kappa shape index (κ2) is 6.86. The van der Waals surface area contributed by atoms with E-state index in [1.807, 2.05) is 24.0 Å². The molecular weight excluding hydrogens is 376 g/mol. The summed E-state index contributed by atoms with van der Waals surface area (Å²) in [6.07, 6.45) is 3.49. The monoisotopic (exact) mass is 398 g/mol. The van der Waals surface area contributed by atoms with Crippen LogP contribution in [-0.4, -0.2) is 51.4 Å². The molecule has 1 saturated heterocycles. The molecule has 146 valence electrons. The molecular formula is C20H22N4O3S. The minimum atomic E-state index is 0.00793. The van der Waals surface area contributed by atoms with Crippen LogP contribution in [-0.2, 0) is 19.5 Å². The van der Waals surface area contributed by atoms with Crippen molar-refractivity contribution in [2.75, 3.05) is 26.2 Å². The Morgan fingerprint density at radius 1 is 1.25 bits per heavy atom. The number of nitrogens with zero attached hydrogens (tertiary/aromatic N) is 4. The van der Waals surface area contributed by atoms with Crippen molar-refractivity contribution in [3.05, 3.63) is 50.8 Å². The van der Waals surface area contributed by atoms with Crippen LogP contribution in [0.4, 0.5) is 0 Å². The topological polar surface area (TPSA) is 71.6 Å². The van der Waals surface area contributed by atoms with Crippen LogP contribution in [0.1, 0.15) is 33.2 Å². The van der Waals surface area contributed by atoms with Crippen molar-refractivity contribution in [2.24, 2.45) is 0 Å². The zero-order valence-electron chi connectivity index (χ0n) is 15.8. The molecule has 3 aromatic rings. The highest BCUT2D eigenvalue weighted by Crippen LogP contribution is 2.30. The van der Waals surface area contributed by atoms with Crippen molar-refractivity contribution in [1.29, 1.82) is 0 Å². The molecule has 0 aliphatic carbocycles. The van der Waals surface area contributed by atoms with E-state index in [1.165, 1.54) is 11.3 Å². The van der Waals surface area contributed by atoms with E-state index >= 15 is 0 Å². The van der Waals surface area contributed by atoms with Crippen LogP contribution in [0.3, 0.4) is 0 Å². The lowest BCUT2D eigenvalue weighted by Gasteiger charge is -2.34. The van der Waals surface area contributed by atoms with E-state index in [2.05, 4.69) is 9.88 Å². The maximum Gasteiger partial charge on any atom is 0.264 e. The molecule has 0 unspecified atom stereocenters. The number of thiophene rings is 1. The number of hydrogen-bond donors (Lipinski definition) is 0. The maximum absolute atomic E-state index is 13.1. The lowest BCUT2D eigenvalue weighted by atomic mass is 10.2. The van der Waals surface area contributed by atoms with Crippen LogP contribution in [0.5, 0.6) is 0 Å². The number of carbonyl (C=O) groups is 1. The molecule has 5 rings (SSSR count). The van der Waals surface area contributed by atoms with Gasteiger partial charge in [-0.3, -0.25) is 19.1 Å². The second-order valence-corrected chi connectivity index (χ2v) is 8.47.